The van der Waals surface area contributed by atoms with Crippen molar-refractivity contribution < 1.29 is 17.9 Å². The molecule has 0 radical (unpaired) electrons. The van der Waals surface area contributed by atoms with Gasteiger partial charge < -0.3 is 4.74 Å². The van der Waals surface area contributed by atoms with Crippen LogP contribution in [0.5, 0.6) is 5.88 Å². The molecule has 1 rings (SSSR count). The standard InChI is InChI=1S/C7H5F3INO/c1-13-6-5(7(8,9)10)2-4(11)3-12-6/h2-3H,1H3. The fourth-order valence-corrected chi connectivity index (χ4v) is 1.24. The van der Waals surface area contributed by atoms with Crippen LogP contribution < -0.4 is 4.74 Å². The molecule has 0 aliphatic heterocycles. The van der Waals surface area contributed by atoms with Crippen molar-refractivity contribution in [2.24, 2.45) is 0 Å². The summed E-state index contributed by atoms with van der Waals surface area (Å²) in [7, 11) is 1.16. The van der Waals surface area contributed by atoms with Crippen molar-refractivity contribution in [2.75, 3.05) is 7.11 Å². The lowest BCUT2D eigenvalue weighted by atomic mass is 10.2. The average Bonchev–Trinajstić information content (AvgIpc) is 2.03. The smallest absolute Gasteiger partial charge is 0.421 e. The van der Waals surface area contributed by atoms with E-state index in [1.807, 2.05) is 0 Å². The van der Waals surface area contributed by atoms with Crippen LogP contribution in [0.1, 0.15) is 5.56 Å². The highest BCUT2D eigenvalue weighted by Gasteiger charge is 2.35. The zero-order chi connectivity index (χ0) is 10.1. The van der Waals surface area contributed by atoms with Gasteiger partial charge in [0, 0.05) is 9.77 Å². The number of alkyl halides is 3. The Kier molecular flexibility index (Phi) is 2.99. The number of pyridine rings is 1. The molecule has 0 N–H and O–H groups in total. The molecule has 0 bridgehead atoms. The SMILES string of the molecule is COc1ncc(I)cc1C(F)(F)F. The molecule has 0 saturated heterocycles. The van der Waals surface area contributed by atoms with Crippen molar-refractivity contribution in [2.45, 2.75) is 6.18 Å². The molecule has 1 heterocycles. The van der Waals surface area contributed by atoms with Gasteiger partial charge in [-0.1, -0.05) is 0 Å². The maximum absolute atomic E-state index is 12.3. The van der Waals surface area contributed by atoms with Crippen LogP contribution in [0.25, 0.3) is 0 Å². The summed E-state index contributed by atoms with van der Waals surface area (Å²) in [4.78, 5) is 3.51. The van der Waals surface area contributed by atoms with Gasteiger partial charge in [-0.15, -0.1) is 0 Å². The Morgan fingerprint density at radius 3 is 2.54 bits per heavy atom. The molecule has 0 fully saturated rings. The Morgan fingerprint density at radius 2 is 2.08 bits per heavy atom. The number of hydrogen-bond donors (Lipinski definition) is 0. The summed E-state index contributed by atoms with van der Waals surface area (Å²) < 4.78 is 41.8. The predicted octanol–water partition coefficient (Wildman–Crippen LogP) is 2.71. The third kappa shape index (κ3) is 2.45. The second-order valence-corrected chi connectivity index (χ2v) is 3.45. The summed E-state index contributed by atoms with van der Waals surface area (Å²) in [5.41, 5.74) is -0.845. The van der Waals surface area contributed by atoms with E-state index in [1.54, 1.807) is 22.6 Å². The van der Waals surface area contributed by atoms with Gasteiger partial charge in [0.05, 0.1) is 7.11 Å². The highest BCUT2D eigenvalue weighted by atomic mass is 127. The van der Waals surface area contributed by atoms with Crippen LogP contribution >= 0.6 is 22.6 Å². The quantitative estimate of drug-likeness (QED) is 0.744. The van der Waals surface area contributed by atoms with Gasteiger partial charge >= 0.3 is 6.18 Å². The van der Waals surface area contributed by atoms with E-state index in [0.29, 0.717) is 3.57 Å². The molecular weight excluding hydrogens is 298 g/mol. The minimum Gasteiger partial charge on any atom is -0.481 e. The molecule has 0 atom stereocenters. The largest absolute Gasteiger partial charge is 0.481 e. The summed E-state index contributed by atoms with van der Waals surface area (Å²) >= 11 is 1.76. The summed E-state index contributed by atoms with van der Waals surface area (Å²) in [5.74, 6) is -0.395. The number of halogens is 4. The van der Waals surface area contributed by atoms with Gasteiger partial charge in [0.2, 0.25) is 5.88 Å². The van der Waals surface area contributed by atoms with Gasteiger partial charge in [-0.05, 0) is 28.7 Å². The lowest BCUT2D eigenvalue weighted by Crippen LogP contribution is -2.09. The molecule has 72 valence electrons. The van der Waals surface area contributed by atoms with Gasteiger partial charge in [0.1, 0.15) is 5.56 Å². The van der Waals surface area contributed by atoms with Crippen molar-refractivity contribution in [1.82, 2.24) is 4.98 Å². The normalized spacial score (nSPS) is 11.5. The van der Waals surface area contributed by atoms with E-state index in [4.69, 9.17) is 0 Å². The minimum atomic E-state index is -4.42. The highest BCUT2D eigenvalue weighted by Crippen LogP contribution is 2.35. The first kappa shape index (κ1) is 10.6. The van der Waals surface area contributed by atoms with Gasteiger partial charge in [-0.2, -0.15) is 13.2 Å². The first-order valence-corrected chi connectivity index (χ1v) is 4.29. The fourth-order valence-electron chi connectivity index (χ4n) is 0.792. The second kappa shape index (κ2) is 3.69. The van der Waals surface area contributed by atoms with E-state index < -0.39 is 17.6 Å². The number of rotatable bonds is 1. The van der Waals surface area contributed by atoms with Crippen molar-refractivity contribution >= 4 is 22.6 Å². The van der Waals surface area contributed by atoms with Crippen LogP contribution in [0, 0.1) is 3.57 Å². The van der Waals surface area contributed by atoms with E-state index in [9.17, 15) is 13.2 Å². The minimum absolute atomic E-state index is 0.395. The number of aromatic nitrogens is 1. The molecule has 0 amide bonds. The third-order valence-corrected chi connectivity index (χ3v) is 1.91. The highest BCUT2D eigenvalue weighted by molar-refractivity contribution is 14.1. The first-order valence-electron chi connectivity index (χ1n) is 3.22. The number of nitrogens with zero attached hydrogens (tertiary/aromatic N) is 1. The van der Waals surface area contributed by atoms with E-state index >= 15 is 0 Å². The van der Waals surface area contributed by atoms with Gasteiger partial charge in [0.15, 0.2) is 0 Å². The molecule has 0 saturated carbocycles. The molecule has 1 aromatic heterocycles. The fraction of sp³-hybridized carbons (Fsp3) is 0.286. The monoisotopic (exact) mass is 303 g/mol. The van der Waals surface area contributed by atoms with Crippen LogP contribution in [0.4, 0.5) is 13.2 Å². The summed E-state index contributed by atoms with van der Waals surface area (Å²) in [6.07, 6.45) is -3.10. The van der Waals surface area contributed by atoms with E-state index in [0.717, 1.165) is 13.2 Å². The Hall–Kier alpha value is -0.530. The zero-order valence-corrected chi connectivity index (χ0v) is 8.68. The molecule has 0 aromatic carbocycles. The number of hydrogen-bond acceptors (Lipinski definition) is 2. The van der Waals surface area contributed by atoms with Crippen LogP contribution in [-0.2, 0) is 6.18 Å². The number of methoxy groups -OCH3 is 1. The van der Waals surface area contributed by atoms with Gasteiger partial charge in [-0.3, -0.25) is 0 Å². The molecule has 0 aliphatic rings. The summed E-state index contributed by atoms with van der Waals surface area (Å²) in [6, 6.07) is 0.992. The van der Waals surface area contributed by atoms with Gasteiger partial charge in [-0.25, -0.2) is 4.98 Å². The summed E-state index contributed by atoms with van der Waals surface area (Å²) in [5, 5.41) is 0. The van der Waals surface area contributed by atoms with Crippen molar-refractivity contribution in [3.63, 3.8) is 0 Å². The van der Waals surface area contributed by atoms with Crippen LogP contribution in [0.15, 0.2) is 12.3 Å². The maximum Gasteiger partial charge on any atom is 0.421 e. The van der Waals surface area contributed by atoms with Crippen LogP contribution in [0.3, 0.4) is 0 Å². The zero-order valence-electron chi connectivity index (χ0n) is 6.52. The van der Waals surface area contributed by atoms with E-state index in [1.165, 1.54) is 6.20 Å². The second-order valence-electron chi connectivity index (χ2n) is 2.21. The lowest BCUT2D eigenvalue weighted by molar-refractivity contribution is -0.139. The molecule has 1 aromatic rings. The summed E-state index contributed by atoms with van der Waals surface area (Å²) in [6.45, 7) is 0. The van der Waals surface area contributed by atoms with Crippen molar-refractivity contribution in [1.29, 1.82) is 0 Å². The molecule has 13 heavy (non-hydrogen) atoms. The Labute approximate surface area is 86.3 Å². The Balaban J connectivity index is 3.24. The third-order valence-electron chi connectivity index (χ3n) is 1.32. The van der Waals surface area contributed by atoms with Gasteiger partial charge in [0.25, 0.3) is 0 Å². The molecular formula is C7H5F3INO. The topological polar surface area (TPSA) is 22.1 Å². The Morgan fingerprint density at radius 1 is 1.46 bits per heavy atom. The maximum atomic E-state index is 12.3. The first-order chi connectivity index (χ1) is 5.95. The van der Waals surface area contributed by atoms with Crippen LogP contribution in [-0.4, -0.2) is 12.1 Å². The predicted molar refractivity (Wildman–Crippen MR) is 48.5 cm³/mol. The Bertz CT molecular complexity index is 313. The van der Waals surface area contributed by atoms with Crippen molar-refractivity contribution in [3.8, 4) is 5.88 Å². The van der Waals surface area contributed by atoms with Crippen molar-refractivity contribution in [3.05, 3.63) is 21.4 Å². The molecule has 0 unspecified atom stereocenters. The molecule has 0 aliphatic carbocycles. The molecule has 6 heteroatoms. The van der Waals surface area contributed by atoms with E-state index in [2.05, 4.69) is 9.72 Å². The van der Waals surface area contributed by atoms with E-state index in [-0.39, 0.29) is 0 Å². The molecule has 2 nitrogen and oxygen atoms in total. The van der Waals surface area contributed by atoms with Crippen LogP contribution in [0.2, 0.25) is 0 Å². The number of ether oxygens (including phenoxy) is 1. The average molecular weight is 303 g/mol. The molecule has 0 spiro atoms. The lowest BCUT2D eigenvalue weighted by Gasteiger charge is -2.10.